The number of hydrogen-bond acceptors (Lipinski definition) is 5. The van der Waals surface area contributed by atoms with Gasteiger partial charge in [-0.15, -0.1) is 0 Å². The van der Waals surface area contributed by atoms with Gasteiger partial charge in [-0.2, -0.15) is 0 Å². The molecule has 1 aliphatic heterocycles. The van der Waals surface area contributed by atoms with E-state index in [0.29, 0.717) is 5.52 Å². The van der Waals surface area contributed by atoms with Crippen molar-refractivity contribution in [1.29, 1.82) is 0 Å². The SMILES string of the molecule is CC(C(=O)Nc1nc2ccccc2[nH]1)N1C(=O)c2ccncc2C1=O. The van der Waals surface area contributed by atoms with Crippen LogP contribution in [0.5, 0.6) is 0 Å². The van der Waals surface area contributed by atoms with E-state index < -0.39 is 23.8 Å². The number of rotatable bonds is 3. The molecule has 0 aliphatic carbocycles. The maximum Gasteiger partial charge on any atom is 0.263 e. The van der Waals surface area contributed by atoms with E-state index in [1.54, 1.807) is 0 Å². The minimum Gasteiger partial charge on any atom is -0.324 e. The fraction of sp³-hybridized carbons (Fsp3) is 0.118. The normalized spacial score (nSPS) is 14.7. The van der Waals surface area contributed by atoms with Gasteiger partial charge in [-0.25, -0.2) is 4.98 Å². The lowest BCUT2D eigenvalue weighted by molar-refractivity contribution is -0.119. The number of aromatic amines is 1. The number of imidazole rings is 1. The highest BCUT2D eigenvalue weighted by Gasteiger charge is 2.41. The summed E-state index contributed by atoms with van der Waals surface area (Å²) in [7, 11) is 0. The Morgan fingerprint density at radius 3 is 2.68 bits per heavy atom. The molecule has 0 spiro atoms. The van der Waals surface area contributed by atoms with Crippen LogP contribution in [0.25, 0.3) is 11.0 Å². The Morgan fingerprint density at radius 1 is 1.16 bits per heavy atom. The van der Waals surface area contributed by atoms with Gasteiger partial charge >= 0.3 is 0 Å². The van der Waals surface area contributed by atoms with Crippen LogP contribution in [0.1, 0.15) is 27.6 Å². The van der Waals surface area contributed by atoms with Crippen LogP contribution in [0.4, 0.5) is 5.95 Å². The molecule has 1 aliphatic rings. The van der Waals surface area contributed by atoms with Gasteiger partial charge in [-0.1, -0.05) is 12.1 Å². The summed E-state index contributed by atoms with van der Waals surface area (Å²) in [6, 6.07) is 7.81. The fourth-order valence-electron chi connectivity index (χ4n) is 2.81. The first-order valence-corrected chi connectivity index (χ1v) is 7.64. The zero-order valence-corrected chi connectivity index (χ0v) is 13.2. The number of H-pyrrole nitrogens is 1. The van der Waals surface area contributed by atoms with Crippen LogP contribution in [-0.2, 0) is 4.79 Å². The summed E-state index contributed by atoms with van der Waals surface area (Å²) in [4.78, 5) is 49.3. The molecule has 124 valence electrons. The van der Waals surface area contributed by atoms with E-state index in [1.807, 2.05) is 24.3 Å². The monoisotopic (exact) mass is 335 g/mol. The number of nitrogens with zero attached hydrogens (tertiary/aromatic N) is 3. The number of carbonyl (C=O) groups excluding carboxylic acids is 3. The number of carbonyl (C=O) groups is 3. The average molecular weight is 335 g/mol. The molecule has 0 saturated heterocycles. The molecule has 1 atom stereocenters. The number of para-hydroxylation sites is 2. The minimum absolute atomic E-state index is 0.205. The summed E-state index contributed by atoms with van der Waals surface area (Å²) in [5, 5.41) is 2.61. The van der Waals surface area contributed by atoms with Gasteiger partial charge in [0.15, 0.2) is 0 Å². The number of aromatic nitrogens is 3. The molecule has 3 heterocycles. The van der Waals surface area contributed by atoms with Gasteiger partial charge in [-0.05, 0) is 25.1 Å². The summed E-state index contributed by atoms with van der Waals surface area (Å²) >= 11 is 0. The number of amides is 3. The van der Waals surface area contributed by atoms with Gasteiger partial charge in [0.2, 0.25) is 11.9 Å². The lowest BCUT2D eigenvalue weighted by atomic mass is 10.2. The number of pyridine rings is 1. The molecule has 8 heteroatoms. The summed E-state index contributed by atoms with van der Waals surface area (Å²) in [6.45, 7) is 1.49. The molecule has 3 aromatic rings. The first-order chi connectivity index (χ1) is 12.1. The van der Waals surface area contributed by atoms with E-state index in [1.165, 1.54) is 25.4 Å². The van der Waals surface area contributed by atoms with Crippen molar-refractivity contribution in [3.8, 4) is 0 Å². The van der Waals surface area contributed by atoms with Crippen molar-refractivity contribution in [2.24, 2.45) is 0 Å². The highest BCUT2D eigenvalue weighted by molar-refractivity contribution is 6.23. The van der Waals surface area contributed by atoms with Crippen LogP contribution in [0, 0.1) is 0 Å². The number of hydrogen-bond donors (Lipinski definition) is 2. The Bertz CT molecular complexity index is 958. The van der Waals surface area contributed by atoms with Crippen molar-refractivity contribution < 1.29 is 14.4 Å². The zero-order chi connectivity index (χ0) is 17.6. The van der Waals surface area contributed by atoms with Gasteiger partial charge in [-0.3, -0.25) is 29.6 Å². The third kappa shape index (κ3) is 2.35. The summed E-state index contributed by atoms with van der Waals surface area (Å²) in [5.74, 6) is -1.28. The topological polar surface area (TPSA) is 108 Å². The Hall–Kier alpha value is -3.55. The summed E-state index contributed by atoms with van der Waals surface area (Å²) < 4.78 is 0. The molecule has 0 fully saturated rings. The maximum absolute atomic E-state index is 12.5. The van der Waals surface area contributed by atoms with Crippen LogP contribution < -0.4 is 5.32 Å². The second-order valence-corrected chi connectivity index (χ2v) is 5.67. The average Bonchev–Trinajstić information content (AvgIpc) is 3.13. The molecule has 3 amide bonds. The summed E-state index contributed by atoms with van der Waals surface area (Å²) in [6.07, 6.45) is 2.77. The van der Waals surface area contributed by atoms with Crippen LogP contribution >= 0.6 is 0 Å². The van der Waals surface area contributed by atoms with E-state index in [0.717, 1.165) is 10.4 Å². The fourth-order valence-corrected chi connectivity index (χ4v) is 2.81. The number of imide groups is 1. The van der Waals surface area contributed by atoms with Gasteiger partial charge in [0.1, 0.15) is 6.04 Å². The third-order valence-corrected chi connectivity index (χ3v) is 4.12. The highest BCUT2D eigenvalue weighted by Crippen LogP contribution is 2.24. The highest BCUT2D eigenvalue weighted by atomic mass is 16.2. The lowest BCUT2D eigenvalue weighted by Gasteiger charge is -2.20. The molecular weight excluding hydrogens is 322 g/mol. The quantitative estimate of drug-likeness (QED) is 0.707. The van der Waals surface area contributed by atoms with E-state index >= 15 is 0 Å². The standard InChI is InChI=1S/C17H13N5O3/c1-9(22-15(24)10-6-7-18-8-11(10)16(22)25)14(23)21-17-19-12-4-2-3-5-13(12)20-17/h2-9H,1H3,(H2,19,20,21,23). The number of nitrogens with one attached hydrogen (secondary N) is 2. The van der Waals surface area contributed by atoms with Crippen molar-refractivity contribution in [3.63, 3.8) is 0 Å². The predicted octanol–water partition coefficient (Wildman–Crippen LogP) is 1.58. The number of benzene rings is 1. The lowest BCUT2D eigenvalue weighted by Crippen LogP contribution is -2.45. The minimum atomic E-state index is -0.986. The van der Waals surface area contributed by atoms with E-state index in [-0.39, 0.29) is 17.1 Å². The van der Waals surface area contributed by atoms with E-state index in [2.05, 4.69) is 20.3 Å². The third-order valence-electron chi connectivity index (χ3n) is 4.12. The Balaban J connectivity index is 1.56. The molecule has 1 aromatic carbocycles. The molecule has 4 rings (SSSR count). The van der Waals surface area contributed by atoms with Crippen molar-refractivity contribution in [3.05, 3.63) is 53.9 Å². The van der Waals surface area contributed by atoms with E-state index in [9.17, 15) is 14.4 Å². The maximum atomic E-state index is 12.5. The van der Waals surface area contributed by atoms with E-state index in [4.69, 9.17) is 0 Å². The Labute approximate surface area is 141 Å². The Morgan fingerprint density at radius 2 is 1.92 bits per heavy atom. The first-order valence-electron chi connectivity index (χ1n) is 7.64. The Kier molecular flexibility index (Phi) is 3.31. The molecule has 2 aromatic heterocycles. The molecule has 1 unspecified atom stereocenters. The number of anilines is 1. The first kappa shape index (κ1) is 15.0. The predicted molar refractivity (Wildman–Crippen MR) is 88.9 cm³/mol. The van der Waals surface area contributed by atoms with Crippen molar-refractivity contribution >= 4 is 34.7 Å². The van der Waals surface area contributed by atoms with Crippen molar-refractivity contribution in [2.45, 2.75) is 13.0 Å². The molecular formula is C17H13N5O3. The number of fused-ring (bicyclic) bond motifs is 2. The summed E-state index contributed by atoms with van der Waals surface area (Å²) in [5.41, 5.74) is 1.94. The van der Waals surface area contributed by atoms with Crippen LogP contribution in [0.15, 0.2) is 42.7 Å². The van der Waals surface area contributed by atoms with Crippen molar-refractivity contribution in [1.82, 2.24) is 19.9 Å². The van der Waals surface area contributed by atoms with Gasteiger partial charge in [0.25, 0.3) is 11.8 Å². The van der Waals surface area contributed by atoms with Crippen LogP contribution in [-0.4, -0.2) is 43.6 Å². The van der Waals surface area contributed by atoms with Crippen molar-refractivity contribution in [2.75, 3.05) is 5.32 Å². The second kappa shape index (κ2) is 5.52. The van der Waals surface area contributed by atoms with Gasteiger partial charge < -0.3 is 4.98 Å². The molecule has 0 radical (unpaired) electrons. The molecule has 0 bridgehead atoms. The van der Waals surface area contributed by atoms with Gasteiger partial charge in [0, 0.05) is 12.4 Å². The van der Waals surface area contributed by atoms with Crippen LogP contribution in [0.3, 0.4) is 0 Å². The van der Waals surface area contributed by atoms with Gasteiger partial charge in [0.05, 0.1) is 22.2 Å². The zero-order valence-electron chi connectivity index (χ0n) is 13.2. The molecule has 8 nitrogen and oxygen atoms in total. The largest absolute Gasteiger partial charge is 0.324 e. The smallest absolute Gasteiger partial charge is 0.263 e. The van der Waals surface area contributed by atoms with Crippen LogP contribution in [0.2, 0.25) is 0 Å². The molecule has 2 N–H and O–H groups in total. The molecule has 0 saturated carbocycles. The second-order valence-electron chi connectivity index (χ2n) is 5.67. The molecule has 25 heavy (non-hydrogen) atoms.